The fraction of sp³-hybridized carbons (Fsp3) is 0.0833. The van der Waals surface area contributed by atoms with Gasteiger partial charge in [0.2, 0.25) is 0 Å². The minimum Gasteiger partial charge on any atom is -0.333 e. The van der Waals surface area contributed by atoms with Gasteiger partial charge < -0.3 is 4.57 Å². The first-order chi connectivity index (χ1) is 9.13. The van der Waals surface area contributed by atoms with Crippen molar-refractivity contribution >= 4 is 33.7 Å². The van der Waals surface area contributed by atoms with Gasteiger partial charge in [-0.2, -0.15) is 0 Å². The molecule has 0 unspecified atom stereocenters. The molecule has 0 amide bonds. The average Bonchev–Trinajstić information content (AvgIpc) is 2.91. The summed E-state index contributed by atoms with van der Waals surface area (Å²) in [7, 11) is 1.88. The topological polar surface area (TPSA) is 48.0 Å². The second kappa shape index (κ2) is 4.58. The number of nitrogens with zero attached hydrogens (tertiary/aromatic N) is 5. The lowest BCUT2D eigenvalue weighted by Crippen LogP contribution is -1.89. The molecule has 3 aromatic rings. The summed E-state index contributed by atoms with van der Waals surface area (Å²) in [6.45, 7) is 0. The van der Waals surface area contributed by atoms with Crippen molar-refractivity contribution in [3.63, 3.8) is 0 Å². The minimum absolute atomic E-state index is 0.211. The van der Waals surface area contributed by atoms with Gasteiger partial charge in [-0.15, -0.1) is 5.10 Å². The zero-order valence-corrected chi connectivity index (χ0v) is 11.5. The van der Waals surface area contributed by atoms with Crippen LogP contribution in [0, 0.1) is 5.82 Å². The first kappa shape index (κ1) is 12.0. The van der Waals surface area contributed by atoms with E-state index in [9.17, 15) is 4.39 Å². The molecule has 0 aliphatic rings. The van der Waals surface area contributed by atoms with Crippen LogP contribution in [0.5, 0.6) is 0 Å². The molecule has 0 N–H and O–H groups in total. The number of rotatable bonds is 2. The summed E-state index contributed by atoms with van der Waals surface area (Å²) in [5.74, 6) is 0.796. The van der Waals surface area contributed by atoms with Gasteiger partial charge in [0.1, 0.15) is 10.4 Å². The fourth-order valence-corrected chi connectivity index (χ4v) is 2.20. The van der Waals surface area contributed by atoms with E-state index in [1.165, 1.54) is 10.6 Å². The number of aromatic nitrogens is 5. The molecule has 0 aromatic carbocycles. The molecular weight excluding hydrogens is 313 g/mol. The minimum atomic E-state index is -0.394. The number of halogens is 2. The molecule has 0 saturated carbocycles. The van der Waals surface area contributed by atoms with Crippen molar-refractivity contribution in [3.8, 4) is 0 Å². The zero-order chi connectivity index (χ0) is 13.4. The highest BCUT2D eigenvalue weighted by Gasteiger charge is 2.05. The molecular formula is C12H9BrFN5. The van der Waals surface area contributed by atoms with E-state index in [0.717, 1.165) is 10.4 Å². The molecule has 0 saturated heterocycles. The summed E-state index contributed by atoms with van der Waals surface area (Å²) in [5.41, 5.74) is 0.211. The zero-order valence-electron chi connectivity index (χ0n) is 9.96. The largest absolute Gasteiger partial charge is 0.333 e. The third-order valence-corrected chi connectivity index (χ3v) is 2.98. The Kier molecular flexibility index (Phi) is 2.90. The first-order valence-electron chi connectivity index (χ1n) is 5.51. The lowest BCUT2D eigenvalue weighted by Gasteiger charge is -1.91. The summed E-state index contributed by atoms with van der Waals surface area (Å²) < 4.78 is 17.5. The SMILES string of the molecule is Cn1cc(Br)nc1/C=C/c1nc2c(F)cccn2n1. The van der Waals surface area contributed by atoms with Gasteiger partial charge >= 0.3 is 0 Å². The lowest BCUT2D eigenvalue weighted by molar-refractivity contribution is 0.627. The molecule has 3 aromatic heterocycles. The van der Waals surface area contributed by atoms with Crippen LogP contribution in [0.15, 0.2) is 29.1 Å². The summed E-state index contributed by atoms with van der Waals surface area (Å²) in [4.78, 5) is 8.36. The van der Waals surface area contributed by atoms with Gasteiger partial charge in [0.15, 0.2) is 17.3 Å². The van der Waals surface area contributed by atoms with Crippen molar-refractivity contribution in [2.75, 3.05) is 0 Å². The molecule has 19 heavy (non-hydrogen) atoms. The normalized spacial score (nSPS) is 11.7. The summed E-state index contributed by atoms with van der Waals surface area (Å²) in [6.07, 6.45) is 6.97. The van der Waals surface area contributed by atoms with Crippen LogP contribution in [0.25, 0.3) is 17.8 Å². The second-order valence-electron chi connectivity index (χ2n) is 3.96. The number of hydrogen-bond acceptors (Lipinski definition) is 3. The molecule has 96 valence electrons. The van der Waals surface area contributed by atoms with Gasteiger partial charge in [0, 0.05) is 19.4 Å². The number of hydrogen-bond donors (Lipinski definition) is 0. The maximum atomic E-state index is 13.5. The molecule has 0 fully saturated rings. The predicted octanol–water partition coefficient (Wildman–Crippen LogP) is 2.53. The van der Waals surface area contributed by atoms with E-state index in [0.29, 0.717) is 5.82 Å². The van der Waals surface area contributed by atoms with Crippen molar-refractivity contribution in [3.05, 3.63) is 46.6 Å². The van der Waals surface area contributed by atoms with E-state index in [-0.39, 0.29) is 5.65 Å². The maximum absolute atomic E-state index is 13.5. The summed E-state index contributed by atoms with van der Waals surface area (Å²) in [6, 6.07) is 2.94. The van der Waals surface area contributed by atoms with Crippen LogP contribution >= 0.6 is 15.9 Å². The average molecular weight is 322 g/mol. The number of aryl methyl sites for hydroxylation is 1. The molecule has 7 heteroatoms. The van der Waals surface area contributed by atoms with Crippen LogP contribution in [0.4, 0.5) is 4.39 Å². The Hall–Kier alpha value is -2.02. The van der Waals surface area contributed by atoms with Crippen LogP contribution in [-0.4, -0.2) is 24.1 Å². The molecule has 0 bridgehead atoms. The highest BCUT2D eigenvalue weighted by atomic mass is 79.9. The number of fused-ring (bicyclic) bond motifs is 1. The van der Waals surface area contributed by atoms with Crippen LogP contribution in [0.3, 0.4) is 0 Å². The van der Waals surface area contributed by atoms with Gasteiger partial charge in [-0.05, 0) is 40.2 Å². The number of imidazole rings is 1. The molecule has 0 radical (unpaired) electrons. The molecule has 5 nitrogen and oxygen atoms in total. The van der Waals surface area contributed by atoms with Crippen LogP contribution < -0.4 is 0 Å². The van der Waals surface area contributed by atoms with Crippen molar-refractivity contribution in [1.82, 2.24) is 24.1 Å². The van der Waals surface area contributed by atoms with Crippen LogP contribution in [0.2, 0.25) is 0 Å². The van der Waals surface area contributed by atoms with E-state index in [4.69, 9.17) is 0 Å². The van der Waals surface area contributed by atoms with Gasteiger partial charge in [-0.25, -0.2) is 18.9 Å². The van der Waals surface area contributed by atoms with E-state index < -0.39 is 5.82 Å². The Morgan fingerprint density at radius 2 is 2.16 bits per heavy atom. The van der Waals surface area contributed by atoms with E-state index in [1.807, 2.05) is 17.8 Å². The Balaban J connectivity index is 1.97. The monoisotopic (exact) mass is 321 g/mol. The lowest BCUT2D eigenvalue weighted by atomic mass is 10.4. The van der Waals surface area contributed by atoms with E-state index in [2.05, 4.69) is 31.0 Å². The van der Waals surface area contributed by atoms with Gasteiger partial charge in [-0.1, -0.05) is 0 Å². The third kappa shape index (κ3) is 2.28. The highest BCUT2D eigenvalue weighted by molar-refractivity contribution is 9.10. The molecule has 0 aliphatic heterocycles. The molecule has 0 atom stereocenters. The number of pyridine rings is 1. The highest BCUT2D eigenvalue weighted by Crippen LogP contribution is 2.12. The van der Waals surface area contributed by atoms with Gasteiger partial charge in [0.25, 0.3) is 0 Å². The Morgan fingerprint density at radius 1 is 1.32 bits per heavy atom. The third-order valence-electron chi connectivity index (χ3n) is 2.60. The molecule has 0 aliphatic carbocycles. The summed E-state index contributed by atoms with van der Waals surface area (Å²) >= 11 is 3.30. The Labute approximate surface area is 116 Å². The Morgan fingerprint density at radius 3 is 2.84 bits per heavy atom. The predicted molar refractivity (Wildman–Crippen MR) is 72.8 cm³/mol. The van der Waals surface area contributed by atoms with E-state index in [1.54, 1.807) is 24.4 Å². The Bertz CT molecular complexity index is 774. The molecule has 3 rings (SSSR count). The van der Waals surface area contributed by atoms with Gasteiger partial charge in [-0.3, -0.25) is 0 Å². The van der Waals surface area contributed by atoms with Crippen LogP contribution in [0.1, 0.15) is 11.6 Å². The van der Waals surface area contributed by atoms with Gasteiger partial charge in [0.05, 0.1) is 0 Å². The second-order valence-corrected chi connectivity index (χ2v) is 4.77. The van der Waals surface area contributed by atoms with Crippen LogP contribution in [-0.2, 0) is 7.05 Å². The first-order valence-corrected chi connectivity index (χ1v) is 6.30. The van der Waals surface area contributed by atoms with Crippen molar-refractivity contribution in [2.45, 2.75) is 0 Å². The fourth-order valence-electron chi connectivity index (χ4n) is 1.71. The van der Waals surface area contributed by atoms with Crippen molar-refractivity contribution in [1.29, 1.82) is 0 Å². The maximum Gasteiger partial charge on any atom is 0.191 e. The standard InChI is InChI=1S/C12H9BrFN5/c1-18-7-9(13)15-11(18)5-4-10-16-12-8(14)3-2-6-19(12)17-10/h2-7H,1H3/b5-4+. The van der Waals surface area contributed by atoms with Crippen molar-refractivity contribution < 1.29 is 4.39 Å². The van der Waals surface area contributed by atoms with E-state index >= 15 is 0 Å². The smallest absolute Gasteiger partial charge is 0.191 e. The van der Waals surface area contributed by atoms with Crippen molar-refractivity contribution in [2.24, 2.45) is 7.05 Å². The molecule has 0 spiro atoms. The summed E-state index contributed by atoms with van der Waals surface area (Å²) in [5, 5.41) is 4.16. The quantitative estimate of drug-likeness (QED) is 0.728. The molecule has 3 heterocycles.